The summed E-state index contributed by atoms with van der Waals surface area (Å²) in [5.74, 6) is 0.504. The van der Waals surface area contributed by atoms with Crippen molar-refractivity contribution < 1.29 is 5.11 Å². The van der Waals surface area contributed by atoms with Gasteiger partial charge in [0, 0.05) is 13.7 Å². The minimum Gasteiger partial charge on any atom is -0.396 e. The second kappa shape index (κ2) is 3.18. The minimum atomic E-state index is 0.327. The van der Waals surface area contributed by atoms with Crippen molar-refractivity contribution in [2.75, 3.05) is 19.7 Å². The van der Waals surface area contributed by atoms with Gasteiger partial charge in [-0.3, -0.25) is 4.90 Å². The fourth-order valence-corrected chi connectivity index (χ4v) is 1.14. The second-order valence-electron chi connectivity index (χ2n) is 2.66. The van der Waals surface area contributed by atoms with E-state index in [0.717, 1.165) is 25.9 Å². The van der Waals surface area contributed by atoms with Gasteiger partial charge >= 0.3 is 0 Å². The van der Waals surface area contributed by atoms with E-state index in [1.54, 1.807) is 0 Å². The summed E-state index contributed by atoms with van der Waals surface area (Å²) >= 11 is 0. The van der Waals surface area contributed by atoms with E-state index in [4.69, 9.17) is 12.2 Å². The molecule has 1 aliphatic heterocycles. The highest BCUT2D eigenvalue weighted by Crippen LogP contribution is 2.14. The molecule has 1 aliphatic rings. The van der Waals surface area contributed by atoms with Crippen molar-refractivity contribution in [3.05, 3.63) is 7.05 Å². The maximum Gasteiger partial charge on any atom is 0.0460 e. The van der Waals surface area contributed by atoms with E-state index in [-0.39, 0.29) is 0 Å². The first-order chi connectivity index (χ1) is 4.33. The minimum absolute atomic E-state index is 0.327. The molecule has 0 saturated carbocycles. The molecule has 0 bridgehead atoms. The fraction of sp³-hybridized carbons (Fsp3) is 0.857. The van der Waals surface area contributed by atoms with Crippen LogP contribution in [0.3, 0.4) is 0 Å². The molecule has 2 heteroatoms. The molecule has 2 nitrogen and oxygen atoms in total. The number of likely N-dealkylation sites (tertiary alicyclic amines) is 1. The summed E-state index contributed by atoms with van der Waals surface area (Å²) < 4.78 is 0. The summed E-state index contributed by atoms with van der Waals surface area (Å²) in [6.07, 6.45) is 2.10. The number of rotatable bonds is 1. The Morgan fingerprint density at radius 2 is 2.00 bits per heavy atom. The van der Waals surface area contributed by atoms with Crippen molar-refractivity contribution in [1.29, 1.82) is 0 Å². The summed E-state index contributed by atoms with van der Waals surface area (Å²) in [5.41, 5.74) is 0. The maximum atomic E-state index is 8.72. The summed E-state index contributed by atoms with van der Waals surface area (Å²) in [5, 5.41) is 8.72. The van der Waals surface area contributed by atoms with Crippen molar-refractivity contribution in [3.63, 3.8) is 0 Å². The second-order valence-corrected chi connectivity index (χ2v) is 2.66. The molecule has 1 N–H and O–H groups in total. The van der Waals surface area contributed by atoms with Crippen LogP contribution in [0.4, 0.5) is 0 Å². The molecule has 9 heavy (non-hydrogen) atoms. The van der Waals surface area contributed by atoms with Gasteiger partial charge < -0.3 is 5.11 Å². The smallest absolute Gasteiger partial charge is 0.0460 e. The zero-order chi connectivity index (χ0) is 6.69. The molecule has 0 aliphatic carbocycles. The van der Waals surface area contributed by atoms with E-state index in [2.05, 4.69) is 0 Å². The Morgan fingerprint density at radius 3 is 2.44 bits per heavy atom. The Hall–Kier alpha value is -0.0800. The van der Waals surface area contributed by atoms with Crippen LogP contribution in [-0.4, -0.2) is 29.7 Å². The van der Waals surface area contributed by atoms with Gasteiger partial charge in [-0.15, -0.1) is 0 Å². The number of nitrogens with zero attached hydrogens (tertiary/aromatic N) is 1. The summed E-state index contributed by atoms with van der Waals surface area (Å²) in [6.45, 7) is 2.20. The van der Waals surface area contributed by atoms with Gasteiger partial charge in [-0.25, -0.2) is 0 Å². The van der Waals surface area contributed by atoms with Gasteiger partial charge in [0.1, 0.15) is 0 Å². The van der Waals surface area contributed by atoms with Gasteiger partial charge in [0.2, 0.25) is 0 Å². The molecule has 0 spiro atoms. The van der Waals surface area contributed by atoms with Gasteiger partial charge in [-0.2, -0.15) is 0 Å². The van der Waals surface area contributed by atoms with Crippen LogP contribution in [0.2, 0.25) is 0 Å². The lowest BCUT2D eigenvalue weighted by Crippen LogP contribution is -2.29. The van der Waals surface area contributed by atoms with Crippen LogP contribution in [0.5, 0.6) is 0 Å². The van der Waals surface area contributed by atoms with E-state index in [1.165, 1.54) is 0 Å². The SMILES string of the molecule is [CH]N1CCC(CO)CC1. The number of aliphatic hydroxyl groups is 1. The molecular weight excluding hydrogens is 114 g/mol. The molecule has 1 rings (SSSR count). The fourth-order valence-electron chi connectivity index (χ4n) is 1.14. The molecule has 0 aromatic carbocycles. The maximum absolute atomic E-state index is 8.72. The van der Waals surface area contributed by atoms with Crippen LogP contribution in [0, 0.1) is 13.0 Å². The molecule has 0 atom stereocenters. The quantitative estimate of drug-likeness (QED) is 0.549. The third kappa shape index (κ3) is 1.95. The highest BCUT2D eigenvalue weighted by molar-refractivity contribution is 4.70. The van der Waals surface area contributed by atoms with Crippen molar-refractivity contribution in [3.8, 4) is 0 Å². The zero-order valence-electron chi connectivity index (χ0n) is 5.58. The van der Waals surface area contributed by atoms with Gasteiger partial charge in [-0.1, -0.05) is 0 Å². The normalized spacial score (nSPS) is 24.7. The predicted octanol–water partition coefficient (Wildman–Crippen LogP) is 0.359. The Morgan fingerprint density at radius 1 is 1.44 bits per heavy atom. The lowest BCUT2D eigenvalue weighted by Gasteiger charge is -2.26. The van der Waals surface area contributed by atoms with E-state index in [1.807, 2.05) is 4.90 Å². The Bertz CT molecular complexity index is 77.0. The topological polar surface area (TPSA) is 23.5 Å². The van der Waals surface area contributed by atoms with Gasteiger partial charge in [-0.05, 0) is 31.8 Å². The van der Waals surface area contributed by atoms with Crippen molar-refractivity contribution in [1.82, 2.24) is 4.90 Å². The van der Waals surface area contributed by atoms with E-state index in [0.29, 0.717) is 12.5 Å². The first-order valence-electron chi connectivity index (χ1n) is 3.43. The van der Waals surface area contributed by atoms with Crippen LogP contribution in [0.15, 0.2) is 0 Å². The molecule has 0 amide bonds. The average Bonchev–Trinajstić information content (AvgIpc) is 1.90. The highest BCUT2D eigenvalue weighted by Gasteiger charge is 2.14. The molecular formula is C7H13NO. The van der Waals surface area contributed by atoms with Gasteiger partial charge in [0.05, 0.1) is 0 Å². The molecule has 1 heterocycles. The van der Waals surface area contributed by atoms with Crippen LogP contribution in [0.25, 0.3) is 0 Å². The first kappa shape index (κ1) is 7.03. The van der Waals surface area contributed by atoms with Crippen LogP contribution >= 0.6 is 0 Å². The molecule has 1 fully saturated rings. The lowest BCUT2D eigenvalue weighted by atomic mass is 9.98. The number of hydrogen-bond donors (Lipinski definition) is 1. The van der Waals surface area contributed by atoms with Crippen LogP contribution in [-0.2, 0) is 0 Å². The lowest BCUT2D eigenvalue weighted by molar-refractivity contribution is 0.156. The third-order valence-corrected chi connectivity index (χ3v) is 1.91. The molecule has 2 radical (unpaired) electrons. The standard InChI is InChI=1S/C7H13NO/c1-8-4-2-7(6-9)3-5-8/h1,7,9H,2-6H2. The molecule has 0 unspecified atom stereocenters. The third-order valence-electron chi connectivity index (χ3n) is 1.91. The largest absolute Gasteiger partial charge is 0.396 e. The van der Waals surface area contributed by atoms with Gasteiger partial charge in [0.15, 0.2) is 0 Å². The summed E-state index contributed by atoms with van der Waals surface area (Å²) in [7, 11) is 5.50. The Kier molecular flexibility index (Phi) is 2.49. The number of aliphatic hydroxyl groups excluding tert-OH is 1. The van der Waals surface area contributed by atoms with E-state index in [9.17, 15) is 0 Å². The van der Waals surface area contributed by atoms with E-state index < -0.39 is 0 Å². The van der Waals surface area contributed by atoms with Gasteiger partial charge in [0.25, 0.3) is 0 Å². The van der Waals surface area contributed by atoms with Crippen LogP contribution < -0.4 is 0 Å². The average molecular weight is 127 g/mol. The predicted molar refractivity (Wildman–Crippen MR) is 35.7 cm³/mol. The van der Waals surface area contributed by atoms with E-state index >= 15 is 0 Å². The monoisotopic (exact) mass is 127 g/mol. The first-order valence-corrected chi connectivity index (χ1v) is 3.43. The number of hydrogen-bond acceptors (Lipinski definition) is 2. The van der Waals surface area contributed by atoms with Crippen molar-refractivity contribution >= 4 is 0 Å². The molecule has 0 aromatic heterocycles. The molecule has 1 saturated heterocycles. The van der Waals surface area contributed by atoms with Crippen molar-refractivity contribution in [2.45, 2.75) is 12.8 Å². The molecule has 52 valence electrons. The number of piperidine rings is 1. The van der Waals surface area contributed by atoms with Crippen LogP contribution in [0.1, 0.15) is 12.8 Å². The zero-order valence-corrected chi connectivity index (χ0v) is 5.58. The highest BCUT2D eigenvalue weighted by atomic mass is 16.3. The summed E-state index contributed by atoms with van der Waals surface area (Å²) in [6, 6.07) is 0. The molecule has 0 aromatic rings. The Balaban J connectivity index is 2.18. The summed E-state index contributed by atoms with van der Waals surface area (Å²) in [4.78, 5) is 1.81. The Labute approximate surface area is 56.5 Å². The van der Waals surface area contributed by atoms with Crippen molar-refractivity contribution in [2.24, 2.45) is 5.92 Å².